The Morgan fingerprint density at radius 2 is 1.57 bits per heavy atom. The lowest BCUT2D eigenvalue weighted by atomic mass is 10.0. The Morgan fingerprint density at radius 1 is 0.913 bits per heavy atom. The van der Waals surface area contributed by atoms with Gasteiger partial charge in [0.25, 0.3) is 5.91 Å². The van der Waals surface area contributed by atoms with Crippen LogP contribution in [0.2, 0.25) is 0 Å². The first-order valence-corrected chi connectivity index (χ1v) is 7.38. The second-order valence-corrected chi connectivity index (χ2v) is 5.36. The molecule has 0 aliphatic heterocycles. The molecule has 3 heteroatoms. The van der Waals surface area contributed by atoms with E-state index in [2.05, 4.69) is 0 Å². The summed E-state index contributed by atoms with van der Waals surface area (Å²) >= 11 is 0. The van der Waals surface area contributed by atoms with Crippen molar-refractivity contribution in [1.82, 2.24) is 5.06 Å². The number of likely N-dealkylation sites (N-methyl/N-ethyl adjacent to an activating group) is 1. The number of rotatable bonds is 3. The molecule has 23 heavy (non-hydrogen) atoms. The van der Waals surface area contributed by atoms with E-state index < -0.39 is 5.91 Å². The highest BCUT2D eigenvalue weighted by Crippen LogP contribution is 2.22. The molecule has 0 aromatic heterocycles. The molecule has 0 unspecified atom stereocenters. The number of carbonyl (C=O) groups is 1. The van der Waals surface area contributed by atoms with Gasteiger partial charge in [-0.15, -0.1) is 0 Å². The number of fused-ring (bicyclic) bond motifs is 1. The SMILES string of the molecule is CN(O)C(=O)C(=Cc1ccc2ccccc2c1)c1ccccc1. The minimum absolute atomic E-state index is 0.440. The highest BCUT2D eigenvalue weighted by Gasteiger charge is 2.15. The molecular weight excluding hydrogens is 286 g/mol. The van der Waals surface area contributed by atoms with Crippen molar-refractivity contribution in [3.8, 4) is 0 Å². The second kappa shape index (κ2) is 6.46. The first-order valence-electron chi connectivity index (χ1n) is 7.38. The standard InChI is InChI=1S/C20H17NO2/c1-21(23)20(22)19(17-8-3-2-4-9-17)14-15-11-12-16-7-5-6-10-18(16)13-15/h2-14,23H,1H3. The van der Waals surface area contributed by atoms with Gasteiger partial charge in [-0.2, -0.15) is 0 Å². The van der Waals surface area contributed by atoms with Crippen LogP contribution in [0.25, 0.3) is 22.4 Å². The number of hydrogen-bond acceptors (Lipinski definition) is 2. The van der Waals surface area contributed by atoms with Crippen molar-refractivity contribution in [3.05, 3.63) is 83.9 Å². The molecule has 0 aliphatic carbocycles. The van der Waals surface area contributed by atoms with Crippen LogP contribution in [0.5, 0.6) is 0 Å². The highest BCUT2D eigenvalue weighted by molar-refractivity contribution is 6.23. The fourth-order valence-electron chi connectivity index (χ4n) is 2.52. The van der Waals surface area contributed by atoms with Crippen molar-refractivity contribution >= 4 is 28.3 Å². The lowest BCUT2D eigenvalue weighted by Gasteiger charge is -2.12. The maximum atomic E-state index is 12.3. The van der Waals surface area contributed by atoms with Gasteiger partial charge in [0.1, 0.15) is 0 Å². The molecule has 0 heterocycles. The molecule has 114 valence electrons. The zero-order valence-electron chi connectivity index (χ0n) is 12.8. The average Bonchev–Trinajstić information content (AvgIpc) is 2.59. The van der Waals surface area contributed by atoms with Gasteiger partial charge >= 0.3 is 0 Å². The van der Waals surface area contributed by atoms with Crippen molar-refractivity contribution in [2.75, 3.05) is 7.05 Å². The molecule has 0 atom stereocenters. The van der Waals surface area contributed by atoms with Gasteiger partial charge in [0.15, 0.2) is 0 Å². The molecule has 0 saturated carbocycles. The van der Waals surface area contributed by atoms with Crippen LogP contribution in [0.3, 0.4) is 0 Å². The predicted molar refractivity (Wildman–Crippen MR) is 92.8 cm³/mol. The van der Waals surface area contributed by atoms with Gasteiger partial charge in [0, 0.05) is 12.6 Å². The average molecular weight is 303 g/mol. The van der Waals surface area contributed by atoms with Crippen LogP contribution in [0.1, 0.15) is 11.1 Å². The zero-order chi connectivity index (χ0) is 16.2. The molecule has 1 amide bonds. The van der Waals surface area contributed by atoms with Gasteiger partial charge in [-0.05, 0) is 34.0 Å². The Hall–Kier alpha value is -2.91. The molecule has 0 bridgehead atoms. The maximum absolute atomic E-state index is 12.3. The minimum Gasteiger partial charge on any atom is -0.286 e. The number of hydroxylamine groups is 2. The van der Waals surface area contributed by atoms with E-state index in [1.54, 1.807) is 6.08 Å². The normalized spacial score (nSPS) is 11.5. The molecule has 3 aromatic rings. The lowest BCUT2D eigenvalue weighted by molar-refractivity contribution is -0.151. The third-order valence-electron chi connectivity index (χ3n) is 3.69. The van der Waals surface area contributed by atoms with Gasteiger partial charge in [-0.1, -0.05) is 66.7 Å². The molecule has 0 spiro atoms. The van der Waals surface area contributed by atoms with E-state index in [0.717, 1.165) is 21.9 Å². The molecule has 3 rings (SSSR count). The Morgan fingerprint density at radius 3 is 2.26 bits per heavy atom. The summed E-state index contributed by atoms with van der Waals surface area (Å²) < 4.78 is 0. The molecule has 0 fully saturated rings. The van der Waals surface area contributed by atoms with Crippen molar-refractivity contribution < 1.29 is 10.0 Å². The minimum atomic E-state index is -0.440. The van der Waals surface area contributed by atoms with E-state index in [1.165, 1.54) is 7.05 Å². The summed E-state index contributed by atoms with van der Waals surface area (Å²) in [5, 5.41) is 12.4. The van der Waals surface area contributed by atoms with Crippen LogP contribution < -0.4 is 0 Å². The summed E-state index contributed by atoms with van der Waals surface area (Å²) in [7, 11) is 1.33. The number of hydrogen-bond donors (Lipinski definition) is 1. The second-order valence-electron chi connectivity index (χ2n) is 5.36. The highest BCUT2D eigenvalue weighted by atomic mass is 16.5. The topological polar surface area (TPSA) is 40.5 Å². The summed E-state index contributed by atoms with van der Waals surface area (Å²) in [5.41, 5.74) is 2.13. The summed E-state index contributed by atoms with van der Waals surface area (Å²) in [6.45, 7) is 0. The van der Waals surface area contributed by atoms with Gasteiger partial charge in [-0.3, -0.25) is 10.0 Å². The van der Waals surface area contributed by atoms with Crippen molar-refractivity contribution in [3.63, 3.8) is 0 Å². The Bertz CT molecular complexity index is 867. The van der Waals surface area contributed by atoms with Gasteiger partial charge < -0.3 is 0 Å². The maximum Gasteiger partial charge on any atom is 0.277 e. The Kier molecular flexibility index (Phi) is 4.22. The van der Waals surface area contributed by atoms with E-state index in [4.69, 9.17) is 0 Å². The molecule has 0 saturated heterocycles. The first kappa shape index (κ1) is 15.0. The van der Waals surface area contributed by atoms with Crippen LogP contribution in [0.15, 0.2) is 72.8 Å². The fourth-order valence-corrected chi connectivity index (χ4v) is 2.52. The quantitative estimate of drug-likeness (QED) is 0.340. The van der Waals surface area contributed by atoms with Crippen LogP contribution in [0, 0.1) is 0 Å². The van der Waals surface area contributed by atoms with Crippen LogP contribution in [0.4, 0.5) is 0 Å². The number of carbonyl (C=O) groups excluding carboxylic acids is 1. The summed E-state index contributed by atoms with van der Waals surface area (Å²) in [6.07, 6.45) is 1.80. The van der Waals surface area contributed by atoms with Gasteiger partial charge in [-0.25, -0.2) is 5.06 Å². The number of amides is 1. The Labute approximate surface area is 135 Å². The van der Waals surface area contributed by atoms with Crippen molar-refractivity contribution in [1.29, 1.82) is 0 Å². The molecule has 3 aromatic carbocycles. The number of nitrogens with zero attached hydrogens (tertiary/aromatic N) is 1. The van der Waals surface area contributed by atoms with Crippen LogP contribution in [-0.4, -0.2) is 23.2 Å². The van der Waals surface area contributed by atoms with Crippen LogP contribution >= 0.6 is 0 Å². The summed E-state index contributed by atoms with van der Waals surface area (Å²) in [5.74, 6) is -0.440. The monoisotopic (exact) mass is 303 g/mol. The van der Waals surface area contributed by atoms with Crippen molar-refractivity contribution in [2.45, 2.75) is 0 Å². The molecule has 3 nitrogen and oxygen atoms in total. The summed E-state index contributed by atoms with van der Waals surface area (Å²) in [6, 6.07) is 23.4. The van der Waals surface area contributed by atoms with Gasteiger partial charge in [0.05, 0.1) is 0 Å². The third-order valence-corrected chi connectivity index (χ3v) is 3.69. The third kappa shape index (κ3) is 3.30. The fraction of sp³-hybridized carbons (Fsp3) is 0.0500. The molecular formula is C20H17NO2. The Balaban J connectivity index is 2.10. The van der Waals surface area contributed by atoms with E-state index in [0.29, 0.717) is 10.6 Å². The smallest absolute Gasteiger partial charge is 0.277 e. The van der Waals surface area contributed by atoms with Crippen LogP contribution in [-0.2, 0) is 4.79 Å². The van der Waals surface area contributed by atoms with Crippen molar-refractivity contribution in [2.24, 2.45) is 0 Å². The molecule has 0 radical (unpaired) electrons. The molecule has 0 aliphatic rings. The largest absolute Gasteiger partial charge is 0.286 e. The van der Waals surface area contributed by atoms with E-state index in [1.807, 2.05) is 72.8 Å². The first-order chi connectivity index (χ1) is 11.1. The zero-order valence-corrected chi connectivity index (χ0v) is 12.8. The number of benzene rings is 3. The van der Waals surface area contributed by atoms with Gasteiger partial charge in [0.2, 0.25) is 0 Å². The predicted octanol–water partition coefficient (Wildman–Crippen LogP) is 4.23. The molecule has 1 N–H and O–H groups in total. The lowest BCUT2D eigenvalue weighted by Crippen LogP contribution is -2.23. The van der Waals surface area contributed by atoms with E-state index in [-0.39, 0.29) is 0 Å². The summed E-state index contributed by atoms with van der Waals surface area (Å²) in [4.78, 5) is 12.3. The van der Waals surface area contributed by atoms with E-state index in [9.17, 15) is 10.0 Å². The van der Waals surface area contributed by atoms with E-state index >= 15 is 0 Å².